The number of hydroxylamine groups is 2. The third-order valence-electron chi connectivity index (χ3n) is 3.14. The minimum Gasteiger partial charge on any atom is -0.333 e. The second kappa shape index (κ2) is 7.17. The summed E-state index contributed by atoms with van der Waals surface area (Å²) >= 11 is 0. The van der Waals surface area contributed by atoms with Crippen LogP contribution in [0.2, 0.25) is 0 Å². The highest BCUT2D eigenvalue weighted by Gasteiger charge is 2.19. The maximum Gasteiger partial charge on any atom is 0.363 e. The van der Waals surface area contributed by atoms with E-state index in [9.17, 15) is 29.8 Å². The largest absolute Gasteiger partial charge is 0.363 e. The van der Waals surface area contributed by atoms with Crippen molar-refractivity contribution in [1.29, 1.82) is 0 Å². The van der Waals surface area contributed by atoms with E-state index in [2.05, 4.69) is 0 Å². The fraction of sp³-hybridized carbons (Fsp3) is 0.0667. The normalized spacial score (nSPS) is 9.96. The van der Waals surface area contributed by atoms with Gasteiger partial charge in [0.2, 0.25) is 0 Å². The van der Waals surface area contributed by atoms with Crippen LogP contribution in [0.1, 0.15) is 20.7 Å². The van der Waals surface area contributed by atoms with Gasteiger partial charge in [0.05, 0.1) is 15.4 Å². The summed E-state index contributed by atoms with van der Waals surface area (Å²) in [7, 11) is 1.20. The predicted molar refractivity (Wildman–Crippen MR) is 83.7 cm³/mol. The molecule has 0 radical (unpaired) electrons. The van der Waals surface area contributed by atoms with E-state index in [0.29, 0.717) is 5.06 Å². The summed E-state index contributed by atoms with van der Waals surface area (Å²) in [5.41, 5.74) is -0.257. The van der Waals surface area contributed by atoms with Crippen molar-refractivity contribution in [2.75, 3.05) is 7.05 Å². The first-order chi connectivity index (χ1) is 11.8. The number of amides is 1. The van der Waals surface area contributed by atoms with Crippen LogP contribution in [0.15, 0.2) is 48.5 Å². The zero-order valence-corrected chi connectivity index (χ0v) is 12.8. The Morgan fingerprint density at radius 1 is 0.840 bits per heavy atom. The van der Waals surface area contributed by atoms with Crippen LogP contribution in [0.5, 0.6) is 0 Å². The first-order valence-electron chi connectivity index (χ1n) is 6.79. The van der Waals surface area contributed by atoms with Gasteiger partial charge in [-0.1, -0.05) is 0 Å². The number of nitro groups is 2. The van der Waals surface area contributed by atoms with Gasteiger partial charge in [0, 0.05) is 36.9 Å². The van der Waals surface area contributed by atoms with E-state index in [1.807, 2.05) is 0 Å². The first-order valence-corrected chi connectivity index (χ1v) is 6.79. The smallest absolute Gasteiger partial charge is 0.333 e. The Bertz CT molecular complexity index is 831. The summed E-state index contributed by atoms with van der Waals surface area (Å²) in [6, 6.07) is 9.44. The lowest BCUT2D eigenvalue weighted by Crippen LogP contribution is -2.29. The molecule has 0 N–H and O–H groups in total. The van der Waals surface area contributed by atoms with Crippen molar-refractivity contribution in [2.45, 2.75) is 0 Å². The molecule has 0 bridgehead atoms. The lowest BCUT2D eigenvalue weighted by atomic mass is 10.2. The van der Waals surface area contributed by atoms with Crippen molar-refractivity contribution in [3.05, 3.63) is 79.9 Å². The average Bonchev–Trinajstić information content (AvgIpc) is 2.61. The molecule has 0 aliphatic carbocycles. The van der Waals surface area contributed by atoms with Crippen LogP contribution >= 0.6 is 0 Å². The highest BCUT2D eigenvalue weighted by molar-refractivity contribution is 5.96. The summed E-state index contributed by atoms with van der Waals surface area (Å²) < 4.78 is 0. The van der Waals surface area contributed by atoms with Crippen molar-refractivity contribution in [3.8, 4) is 0 Å². The molecule has 0 spiro atoms. The maximum atomic E-state index is 12.1. The van der Waals surface area contributed by atoms with Crippen LogP contribution < -0.4 is 0 Å². The summed E-state index contributed by atoms with van der Waals surface area (Å²) in [5.74, 6) is -1.57. The van der Waals surface area contributed by atoms with E-state index >= 15 is 0 Å². The van der Waals surface area contributed by atoms with E-state index in [0.717, 1.165) is 24.3 Å². The topological polar surface area (TPSA) is 133 Å². The molecule has 0 fully saturated rings. The number of hydrogen-bond acceptors (Lipinski definition) is 7. The minimum atomic E-state index is -0.882. The highest BCUT2D eigenvalue weighted by Crippen LogP contribution is 2.15. The Labute approximate surface area is 140 Å². The van der Waals surface area contributed by atoms with Crippen LogP contribution in [0.3, 0.4) is 0 Å². The first kappa shape index (κ1) is 17.5. The van der Waals surface area contributed by atoms with Gasteiger partial charge >= 0.3 is 5.97 Å². The Morgan fingerprint density at radius 3 is 1.64 bits per heavy atom. The van der Waals surface area contributed by atoms with Crippen molar-refractivity contribution in [1.82, 2.24) is 5.06 Å². The number of nitrogens with zero attached hydrogens (tertiary/aromatic N) is 3. The van der Waals surface area contributed by atoms with Crippen LogP contribution in [0, 0.1) is 20.2 Å². The van der Waals surface area contributed by atoms with E-state index in [-0.39, 0.29) is 22.5 Å². The molecule has 0 atom stereocenters. The number of benzene rings is 2. The molecular weight excluding hydrogens is 334 g/mol. The minimum absolute atomic E-state index is 0.0222. The van der Waals surface area contributed by atoms with E-state index in [1.54, 1.807) is 0 Å². The van der Waals surface area contributed by atoms with Crippen molar-refractivity contribution >= 4 is 23.3 Å². The van der Waals surface area contributed by atoms with Gasteiger partial charge in [-0.15, -0.1) is 0 Å². The molecule has 0 saturated carbocycles. The molecule has 0 aliphatic heterocycles. The number of hydrogen-bond donors (Lipinski definition) is 0. The lowest BCUT2D eigenvalue weighted by molar-refractivity contribution is -0.385. The molecular formula is C15H11N3O7. The molecule has 25 heavy (non-hydrogen) atoms. The van der Waals surface area contributed by atoms with Gasteiger partial charge in [-0.2, -0.15) is 5.06 Å². The van der Waals surface area contributed by atoms with Crippen molar-refractivity contribution < 1.29 is 24.3 Å². The number of non-ortho nitro benzene ring substituents is 2. The molecule has 0 unspecified atom stereocenters. The van der Waals surface area contributed by atoms with Gasteiger partial charge in [0.15, 0.2) is 0 Å². The second-order valence-electron chi connectivity index (χ2n) is 4.79. The summed E-state index contributed by atoms with van der Waals surface area (Å²) in [6.45, 7) is 0. The fourth-order valence-electron chi connectivity index (χ4n) is 1.85. The van der Waals surface area contributed by atoms with Gasteiger partial charge in [-0.05, 0) is 24.3 Å². The van der Waals surface area contributed by atoms with Crippen LogP contribution in [0.25, 0.3) is 0 Å². The summed E-state index contributed by atoms with van der Waals surface area (Å²) in [4.78, 5) is 48.9. The molecule has 10 nitrogen and oxygen atoms in total. The molecule has 0 aliphatic rings. The zero-order chi connectivity index (χ0) is 18.6. The Kier molecular flexibility index (Phi) is 5.03. The molecule has 1 amide bonds. The van der Waals surface area contributed by atoms with E-state index < -0.39 is 21.7 Å². The van der Waals surface area contributed by atoms with Crippen LogP contribution in [-0.2, 0) is 4.84 Å². The fourth-order valence-corrected chi connectivity index (χ4v) is 1.85. The van der Waals surface area contributed by atoms with Gasteiger partial charge in [-0.25, -0.2) is 4.79 Å². The quantitative estimate of drug-likeness (QED) is 0.613. The molecule has 2 aromatic carbocycles. The van der Waals surface area contributed by atoms with Crippen molar-refractivity contribution in [2.24, 2.45) is 0 Å². The SMILES string of the molecule is CN(OC(=O)c1ccc([N+](=O)[O-])cc1)C(=O)c1ccc([N+](=O)[O-])cc1. The summed E-state index contributed by atoms with van der Waals surface area (Å²) in [6.07, 6.45) is 0. The molecule has 128 valence electrons. The lowest BCUT2D eigenvalue weighted by Gasteiger charge is -2.16. The van der Waals surface area contributed by atoms with Gasteiger partial charge < -0.3 is 4.84 Å². The van der Waals surface area contributed by atoms with Gasteiger partial charge in [0.25, 0.3) is 17.3 Å². The standard InChI is InChI=1S/C15H11N3O7/c1-16(14(19)10-2-6-12(7-3-10)17(21)22)25-15(20)11-4-8-13(9-5-11)18(23)24/h2-9H,1H3. The average molecular weight is 345 g/mol. The number of nitro benzene ring substituents is 2. The van der Waals surface area contributed by atoms with Crippen LogP contribution in [0.4, 0.5) is 11.4 Å². The van der Waals surface area contributed by atoms with Gasteiger partial charge in [-0.3, -0.25) is 25.0 Å². The Balaban J connectivity index is 2.05. The number of carbonyl (C=O) groups excluding carboxylic acids is 2. The van der Waals surface area contributed by atoms with Crippen LogP contribution in [-0.4, -0.2) is 33.8 Å². The van der Waals surface area contributed by atoms with Crippen molar-refractivity contribution in [3.63, 3.8) is 0 Å². The zero-order valence-electron chi connectivity index (χ0n) is 12.8. The second-order valence-corrected chi connectivity index (χ2v) is 4.79. The Morgan fingerprint density at radius 2 is 1.24 bits per heavy atom. The maximum absolute atomic E-state index is 12.1. The molecule has 0 aromatic heterocycles. The third-order valence-corrected chi connectivity index (χ3v) is 3.14. The van der Waals surface area contributed by atoms with E-state index in [4.69, 9.17) is 4.84 Å². The molecule has 2 rings (SSSR count). The van der Waals surface area contributed by atoms with E-state index in [1.165, 1.54) is 31.3 Å². The molecule has 10 heteroatoms. The Hall–Kier alpha value is -3.82. The van der Waals surface area contributed by atoms with Gasteiger partial charge in [0.1, 0.15) is 0 Å². The monoisotopic (exact) mass is 345 g/mol. The molecule has 0 saturated heterocycles. The third kappa shape index (κ3) is 4.13. The summed E-state index contributed by atoms with van der Waals surface area (Å²) in [5, 5.41) is 21.8. The number of rotatable bonds is 4. The number of carbonyl (C=O) groups is 2. The molecule has 2 aromatic rings. The highest BCUT2D eigenvalue weighted by atomic mass is 16.7. The predicted octanol–water partition coefficient (Wildman–Crippen LogP) is 2.35. The molecule has 0 heterocycles.